The normalized spacial score (nSPS) is 13.9. The molecule has 2 aromatic heterocycles. The highest BCUT2D eigenvalue weighted by molar-refractivity contribution is 6.01. The van der Waals surface area contributed by atoms with E-state index in [2.05, 4.69) is 9.97 Å². The highest BCUT2D eigenvalue weighted by atomic mass is 19.4. The predicted molar refractivity (Wildman–Crippen MR) is 80.5 cm³/mol. The molecule has 2 N–H and O–H groups in total. The first kappa shape index (κ1) is 16.5. The molecule has 0 spiro atoms. The summed E-state index contributed by atoms with van der Waals surface area (Å²) >= 11 is 0. The molecule has 6 nitrogen and oxygen atoms in total. The molecular weight excluding hydrogens is 327 g/mol. The summed E-state index contributed by atoms with van der Waals surface area (Å²) in [6, 6.07) is 6.97. The average molecular weight is 341 g/mol. The number of nitrogens with one attached hydrogen (secondary N) is 1. The van der Waals surface area contributed by atoms with Gasteiger partial charge in [-0.05, 0) is 19.2 Å². The van der Waals surface area contributed by atoms with Gasteiger partial charge < -0.3 is 14.5 Å². The third-order valence-corrected chi connectivity index (χ3v) is 3.56. The van der Waals surface area contributed by atoms with Gasteiger partial charge in [-0.1, -0.05) is 12.1 Å². The summed E-state index contributed by atoms with van der Waals surface area (Å²) in [6.07, 6.45) is -7.16. The predicted octanol–water partition coefficient (Wildman–Crippen LogP) is 2.02. The second-order valence-corrected chi connectivity index (χ2v) is 5.54. The van der Waals surface area contributed by atoms with Crippen molar-refractivity contribution >= 4 is 22.1 Å². The molecule has 0 aliphatic rings. The number of rotatable bonds is 4. The Morgan fingerprint density at radius 3 is 2.79 bits per heavy atom. The molecule has 1 unspecified atom stereocenters. The highest BCUT2D eigenvalue weighted by Gasteiger charge is 2.38. The molecule has 128 valence electrons. The van der Waals surface area contributed by atoms with Crippen LogP contribution in [0.25, 0.3) is 22.1 Å². The van der Waals surface area contributed by atoms with Gasteiger partial charge in [0.1, 0.15) is 16.9 Å². The van der Waals surface area contributed by atoms with Gasteiger partial charge >= 0.3 is 6.18 Å². The first-order chi connectivity index (χ1) is 11.3. The summed E-state index contributed by atoms with van der Waals surface area (Å²) < 4.78 is 42.6. The lowest BCUT2D eigenvalue weighted by Crippen LogP contribution is -2.39. The molecule has 1 atom stereocenters. The lowest BCUT2D eigenvalue weighted by molar-refractivity contribution is -0.207. The zero-order valence-corrected chi connectivity index (χ0v) is 12.6. The van der Waals surface area contributed by atoms with E-state index in [0.717, 1.165) is 0 Å². The minimum atomic E-state index is -4.69. The van der Waals surface area contributed by atoms with Crippen molar-refractivity contribution in [3.8, 4) is 0 Å². The molecule has 3 aromatic rings. The van der Waals surface area contributed by atoms with Crippen molar-refractivity contribution in [2.24, 2.45) is 0 Å². The van der Waals surface area contributed by atoms with Crippen LogP contribution in [0.3, 0.4) is 0 Å². The summed E-state index contributed by atoms with van der Waals surface area (Å²) in [6.45, 7) is -0.685. The van der Waals surface area contributed by atoms with E-state index in [1.165, 1.54) is 11.9 Å². The highest BCUT2D eigenvalue weighted by Crippen LogP contribution is 2.24. The molecule has 0 bridgehead atoms. The van der Waals surface area contributed by atoms with Crippen molar-refractivity contribution in [2.45, 2.75) is 18.8 Å². The second-order valence-electron chi connectivity index (χ2n) is 5.54. The van der Waals surface area contributed by atoms with Crippen LogP contribution in [0.4, 0.5) is 13.2 Å². The maximum Gasteiger partial charge on any atom is 0.415 e. The fourth-order valence-corrected chi connectivity index (χ4v) is 2.44. The minimum absolute atomic E-state index is 0.0577. The van der Waals surface area contributed by atoms with Crippen LogP contribution in [0.5, 0.6) is 0 Å². The molecule has 24 heavy (non-hydrogen) atoms. The van der Waals surface area contributed by atoms with E-state index in [1.807, 2.05) is 0 Å². The zero-order chi connectivity index (χ0) is 17.5. The lowest BCUT2D eigenvalue weighted by Gasteiger charge is -2.21. The lowest BCUT2D eigenvalue weighted by atomic mass is 10.2. The van der Waals surface area contributed by atoms with Gasteiger partial charge in [-0.25, -0.2) is 4.98 Å². The maximum atomic E-state index is 12.4. The molecular formula is C15H14F3N3O3. The van der Waals surface area contributed by atoms with Gasteiger partial charge in [0.05, 0.1) is 6.54 Å². The van der Waals surface area contributed by atoms with E-state index in [-0.39, 0.29) is 18.0 Å². The molecule has 2 heterocycles. The minimum Gasteiger partial charge on any atom is -0.449 e. The Kier molecular flexibility index (Phi) is 4.06. The Hall–Kier alpha value is -2.39. The first-order valence-corrected chi connectivity index (χ1v) is 7.09. The second kappa shape index (κ2) is 5.91. The van der Waals surface area contributed by atoms with Crippen LogP contribution < -0.4 is 5.56 Å². The summed E-state index contributed by atoms with van der Waals surface area (Å²) in [5.74, 6) is 0.191. The van der Waals surface area contributed by atoms with E-state index in [0.29, 0.717) is 16.5 Å². The Balaban J connectivity index is 1.90. The van der Waals surface area contributed by atoms with E-state index < -0.39 is 24.4 Å². The molecule has 9 heteroatoms. The molecule has 0 fully saturated rings. The Bertz CT molecular complexity index is 932. The number of alkyl halides is 3. The van der Waals surface area contributed by atoms with Crippen molar-refractivity contribution in [1.29, 1.82) is 0 Å². The fourth-order valence-electron chi connectivity index (χ4n) is 2.44. The van der Waals surface area contributed by atoms with Gasteiger partial charge in [0.2, 0.25) is 5.58 Å². The molecule has 1 aromatic carbocycles. The number of aromatic nitrogens is 2. The summed E-state index contributed by atoms with van der Waals surface area (Å²) in [4.78, 5) is 20.1. The van der Waals surface area contributed by atoms with Crippen LogP contribution in [0.1, 0.15) is 5.82 Å². The van der Waals surface area contributed by atoms with Crippen molar-refractivity contribution in [3.63, 3.8) is 0 Å². The van der Waals surface area contributed by atoms with E-state index in [1.54, 1.807) is 24.3 Å². The van der Waals surface area contributed by atoms with Gasteiger partial charge in [0.25, 0.3) is 5.56 Å². The molecule has 0 aliphatic carbocycles. The fraction of sp³-hybridized carbons (Fsp3) is 0.333. The number of furan rings is 1. The number of aliphatic hydroxyl groups excluding tert-OH is 1. The number of benzene rings is 1. The van der Waals surface area contributed by atoms with Crippen molar-refractivity contribution in [2.75, 3.05) is 13.6 Å². The van der Waals surface area contributed by atoms with E-state index in [4.69, 9.17) is 9.52 Å². The number of aromatic amines is 1. The Labute approximate surface area is 133 Å². The number of likely N-dealkylation sites (N-methyl/N-ethyl adjacent to an activating group) is 1. The maximum absolute atomic E-state index is 12.4. The monoisotopic (exact) mass is 341 g/mol. The van der Waals surface area contributed by atoms with Crippen molar-refractivity contribution < 1.29 is 22.7 Å². The largest absolute Gasteiger partial charge is 0.449 e. The van der Waals surface area contributed by atoms with Gasteiger partial charge in [0, 0.05) is 11.9 Å². The smallest absolute Gasteiger partial charge is 0.415 e. The number of fused-ring (bicyclic) bond motifs is 3. The molecule has 0 amide bonds. The number of halogens is 3. The number of para-hydroxylation sites is 1. The van der Waals surface area contributed by atoms with Gasteiger partial charge in [-0.3, -0.25) is 9.69 Å². The summed E-state index contributed by atoms with van der Waals surface area (Å²) in [5.41, 5.74) is 0.423. The van der Waals surface area contributed by atoms with E-state index >= 15 is 0 Å². The van der Waals surface area contributed by atoms with Crippen LogP contribution in [-0.4, -0.2) is 45.8 Å². The van der Waals surface area contributed by atoms with Crippen LogP contribution in [0.2, 0.25) is 0 Å². The number of hydrogen-bond acceptors (Lipinski definition) is 5. The Morgan fingerprint density at radius 1 is 1.38 bits per heavy atom. The standard InChI is InChI=1S/C15H14F3N3O3/c1-21(6-10(22)15(16,17)18)7-11-19-12-8-4-2-3-5-9(8)24-13(12)14(23)20-11/h2-5,10,22H,6-7H2,1H3,(H,19,20,23). The van der Waals surface area contributed by atoms with Gasteiger partial charge in [-0.2, -0.15) is 13.2 Å². The molecule has 0 saturated carbocycles. The van der Waals surface area contributed by atoms with Crippen molar-refractivity contribution in [1.82, 2.24) is 14.9 Å². The van der Waals surface area contributed by atoms with E-state index in [9.17, 15) is 18.0 Å². The quantitative estimate of drug-likeness (QED) is 0.759. The van der Waals surface area contributed by atoms with Crippen LogP contribution in [0, 0.1) is 0 Å². The molecule has 3 rings (SSSR count). The van der Waals surface area contributed by atoms with Crippen LogP contribution in [0.15, 0.2) is 33.5 Å². The molecule has 0 radical (unpaired) electrons. The summed E-state index contributed by atoms with van der Waals surface area (Å²) in [7, 11) is 1.40. The van der Waals surface area contributed by atoms with Gasteiger partial charge in [0.15, 0.2) is 6.10 Å². The first-order valence-electron chi connectivity index (χ1n) is 7.09. The third-order valence-electron chi connectivity index (χ3n) is 3.56. The zero-order valence-electron chi connectivity index (χ0n) is 12.6. The SMILES string of the molecule is CN(Cc1nc2c(oc3ccccc32)c(=O)[nH]1)CC(O)C(F)(F)F. The topological polar surface area (TPSA) is 82.4 Å². The number of H-pyrrole nitrogens is 1. The van der Waals surface area contributed by atoms with Crippen LogP contribution >= 0.6 is 0 Å². The third kappa shape index (κ3) is 3.13. The number of hydrogen-bond donors (Lipinski definition) is 2. The molecule has 0 aliphatic heterocycles. The number of nitrogens with zero attached hydrogens (tertiary/aromatic N) is 2. The average Bonchev–Trinajstić information content (AvgIpc) is 2.85. The van der Waals surface area contributed by atoms with Gasteiger partial charge in [-0.15, -0.1) is 0 Å². The van der Waals surface area contributed by atoms with Crippen LogP contribution in [-0.2, 0) is 6.54 Å². The Morgan fingerprint density at radius 2 is 2.08 bits per heavy atom. The van der Waals surface area contributed by atoms with Crippen molar-refractivity contribution in [3.05, 3.63) is 40.4 Å². The summed E-state index contributed by atoms with van der Waals surface area (Å²) in [5, 5.41) is 9.75. The number of aliphatic hydroxyl groups is 1. The molecule has 0 saturated heterocycles.